The second-order valence-corrected chi connectivity index (χ2v) is 4.44. The van der Waals surface area contributed by atoms with Gasteiger partial charge in [0.25, 0.3) is 0 Å². The van der Waals surface area contributed by atoms with Gasteiger partial charge in [0.2, 0.25) is 0 Å². The molecule has 0 aliphatic carbocycles. The number of hydrogen-bond acceptors (Lipinski definition) is 2. The monoisotopic (exact) mass is 222 g/mol. The van der Waals surface area contributed by atoms with Crippen LogP contribution in [0, 0.1) is 5.92 Å². The summed E-state index contributed by atoms with van der Waals surface area (Å²) in [6.07, 6.45) is 3.87. The van der Waals surface area contributed by atoms with Crippen LogP contribution in [0.5, 0.6) is 0 Å². The SMILES string of the molecule is CC1CCN(C(=O)Nc2ccnn2C)CC1. The summed E-state index contributed by atoms with van der Waals surface area (Å²) >= 11 is 0. The maximum atomic E-state index is 11.9. The number of rotatable bonds is 1. The van der Waals surface area contributed by atoms with Crippen LogP contribution in [0.25, 0.3) is 0 Å². The molecule has 1 aromatic heterocycles. The molecule has 1 aliphatic heterocycles. The fraction of sp³-hybridized carbons (Fsp3) is 0.636. The van der Waals surface area contributed by atoms with Gasteiger partial charge in [0.1, 0.15) is 5.82 Å². The van der Waals surface area contributed by atoms with Crippen molar-refractivity contribution < 1.29 is 4.79 Å². The topological polar surface area (TPSA) is 50.2 Å². The largest absolute Gasteiger partial charge is 0.324 e. The first-order valence-corrected chi connectivity index (χ1v) is 5.71. The quantitative estimate of drug-likeness (QED) is 0.786. The lowest BCUT2D eigenvalue weighted by atomic mass is 10.00. The summed E-state index contributed by atoms with van der Waals surface area (Å²) in [5.41, 5.74) is 0. The Kier molecular flexibility index (Phi) is 3.12. The molecule has 1 N–H and O–H groups in total. The van der Waals surface area contributed by atoms with E-state index in [0.717, 1.165) is 37.7 Å². The van der Waals surface area contributed by atoms with Gasteiger partial charge in [-0.05, 0) is 18.8 Å². The van der Waals surface area contributed by atoms with E-state index < -0.39 is 0 Å². The molecule has 0 atom stereocenters. The minimum Gasteiger partial charge on any atom is -0.324 e. The Balaban J connectivity index is 1.91. The third-order valence-corrected chi connectivity index (χ3v) is 3.13. The standard InChI is InChI=1S/C11H18N4O/c1-9-4-7-15(8-5-9)11(16)13-10-3-6-12-14(10)2/h3,6,9H,4-5,7-8H2,1-2H3,(H,13,16). The average Bonchev–Trinajstić information content (AvgIpc) is 2.65. The van der Waals surface area contributed by atoms with Gasteiger partial charge >= 0.3 is 6.03 Å². The van der Waals surface area contributed by atoms with Crippen LogP contribution in [0.3, 0.4) is 0 Å². The normalized spacial score (nSPS) is 17.5. The van der Waals surface area contributed by atoms with Crippen LogP contribution in [0.4, 0.5) is 10.6 Å². The Bertz CT molecular complexity index is 366. The molecule has 2 amide bonds. The van der Waals surface area contributed by atoms with Gasteiger partial charge in [-0.1, -0.05) is 6.92 Å². The Hall–Kier alpha value is -1.52. The summed E-state index contributed by atoms with van der Waals surface area (Å²) in [5, 5.41) is 6.87. The lowest BCUT2D eigenvalue weighted by molar-refractivity contribution is 0.186. The smallest absolute Gasteiger partial charge is 0.322 e. The Morgan fingerprint density at radius 2 is 2.19 bits per heavy atom. The zero-order valence-corrected chi connectivity index (χ0v) is 9.81. The highest BCUT2D eigenvalue weighted by Crippen LogP contribution is 2.16. The molecule has 88 valence electrons. The van der Waals surface area contributed by atoms with Crippen molar-refractivity contribution in [3.8, 4) is 0 Å². The zero-order chi connectivity index (χ0) is 11.5. The molecule has 5 nitrogen and oxygen atoms in total. The molecule has 16 heavy (non-hydrogen) atoms. The zero-order valence-electron chi connectivity index (χ0n) is 9.81. The van der Waals surface area contributed by atoms with Crippen LogP contribution in [0.15, 0.2) is 12.3 Å². The molecule has 2 heterocycles. The van der Waals surface area contributed by atoms with Gasteiger partial charge in [0.15, 0.2) is 0 Å². The molecule has 0 spiro atoms. The van der Waals surface area contributed by atoms with Crippen molar-refractivity contribution >= 4 is 11.8 Å². The van der Waals surface area contributed by atoms with Gasteiger partial charge in [-0.15, -0.1) is 0 Å². The van der Waals surface area contributed by atoms with E-state index in [1.165, 1.54) is 0 Å². The third kappa shape index (κ3) is 2.35. The number of aryl methyl sites for hydroxylation is 1. The van der Waals surface area contributed by atoms with Crippen molar-refractivity contribution in [1.82, 2.24) is 14.7 Å². The number of likely N-dealkylation sites (tertiary alicyclic amines) is 1. The minimum absolute atomic E-state index is 0.0181. The van der Waals surface area contributed by atoms with E-state index in [2.05, 4.69) is 17.3 Å². The van der Waals surface area contributed by atoms with Crippen molar-refractivity contribution in [2.45, 2.75) is 19.8 Å². The number of hydrogen-bond donors (Lipinski definition) is 1. The molecular weight excluding hydrogens is 204 g/mol. The van der Waals surface area contributed by atoms with Crippen molar-refractivity contribution in [1.29, 1.82) is 0 Å². The molecule has 0 saturated carbocycles. The first-order valence-electron chi connectivity index (χ1n) is 5.71. The summed E-state index contributed by atoms with van der Waals surface area (Å²) in [6, 6.07) is 1.78. The van der Waals surface area contributed by atoms with E-state index in [4.69, 9.17) is 0 Å². The van der Waals surface area contributed by atoms with Gasteiger partial charge in [-0.3, -0.25) is 10.00 Å². The summed E-state index contributed by atoms with van der Waals surface area (Å²) in [7, 11) is 1.81. The van der Waals surface area contributed by atoms with Gasteiger partial charge in [-0.2, -0.15) is 5.10 Å². The lowest BCUT2D eigenvalue weighted by Crippen LogP contribution is -2.40. The highest BCUT2D eigenvalue weighted by Gasteiger charge is 2.20. The maximum Gasteiger partial charge on any atom is 0.322 e. The Morgan fingerprint density at radius 1 is 1.50 bits per heavy atom. The molecule has 1 fully saturated rings. The van der Waals surface area contributed by atoms with Crippen LogP contribution in [-0.2, 0) is 7.05 Å². The van der Waals surface area contributed by atoms with Crippen LogP contribution in [-0.4, -0.2) is 33.8 Å². The van der Waals surface area contributed by atoms with Crippen molar-refractivity contribution in [2.75, 3.05) is 18.4 Å². The average molecular weight is 222 g/mol. The highest BCUT2D eigenvalue weighted by molar-refractivity contribution is 5.88. The molecule has 0 radical (unpaired) electrons. The summed E-state index contributed by atoms with van der Waals surface area (Å²) in [4.78, 5) is 13.8. The van der Waals surface area contributed by atoms with Crippen molar-refractivity contribution in [3.63, 3.8) is 0 Å². The number of carbonyl (C=O) groups is 1. The maximum absolute atomic E-state index is 11.9. The van der Waals surface area contributed by atoms with Gasteiger partial charge in [0, 0.05) is 26.2 Å². The second-order valence-electron chi connectivity index (χ2n) is 4.44. The molecule has 2 rings (SSSR count). The Labute approximate surface area is 95.4 Å². The van der Waals surface area contributed by atoms with E-state index in [-0.39, 0.29) is 6.03 Å². The molecular formula is C11H18N4O. The van der Waals surface area contributed by atoms with Crippen LogP contribution >= 0.6 is 0 Å². The number of aromatic nitrogens is 2. The van der Waals surface area contributed by atoms with E-state index in [0.29, 0.717) is 0 Å². The van der Waals surface area contributed by atoms with E-state index in [1.54, 1.807) is 16.9 Å². The Morgan fingerprint density at radius 3 is 2.75 bits per heavy atom. The van der Waals surface area contributed by atoms with E-state index >= 15 is 0 Å². The molecule has 0 aromatic carbocycles. The number of anilines is 1. The summed E-state index contributed by atoms with van der Waals surface area (Å²) in [5.74, 6) is 1.48. The first-order chi connectivity index (χ1) is 7.66. The number of amides is 2. The lowest BCUT2D eigenvalue weighted by Gasteiger charge is -2.30. The number of piperidine rings is 1. The summed E-state index contributed by atoms with van der Waals surface area (Å²) < 4.78 is 1.66. The summed E-state index contributed by atoms with van der Waals surface area (Å²) in [6.45, 7) is 3.94. The van der Waals surface area contributed by atoms with Crippen LogP contribution < -0.4 is 5.32 Å². The van der Waals surface area contributed by atoms with Crippen molar-refractivity contribution in [3.05, 3.63) is 12.3 Å². The van der Waals surface area contributed by atoms with Gasteiger partial charge in [0.05, 0.1) is 6.20 Å². The minimum atomic E-state index is -0.0181. The molecule has 1 aliphatic rings. The molecule has 0 bridgehead atoms. The molecule has 1 saturated heterocycles. The fourth-order valence-electron chi connectivity index (χ4n) is 1.90. The van der Waals surface area contributed by atoms with E-state index in [9.17, 15) is 4.79 Å². The predicted octanol–water partition coefficient (Wildman–Crippen LogP) is 1.68. The van der Waals surface area contributed by atoms with E-state index in [1.807, 2.05) is 11.9 Å². The highest BCUT2D eigenvalue weighted by atomic mass is 16.2. The van der Waals surface area contributed by atoms with Gasteiger partial charge in [-0.25, -0.2) is 4.79 Å². The van der Waals surface area contributed by atoms with Crippen LogP contribution in [0.1, 0.15) is 19.8 Å². The number of urea groups is 1. The predicted molar refractivity (Wildman–Crippen MR) is 62.2 cm³/mol. The molecule has 1 aromatic rings. The van der Waals surface area contributed by atoms with Crippen LogP contribution in [0.2, 0.25) is 0 Å². The molecule has 0 unspecified atom stereocenters. The molecule has 5 heteroatoms. The fourth-order valence-corrected chi connectivity index (χ4v) is 1.90. The number of nitrogens with zero attached hydrogens (tertiary/aromatic N) is 3. The third-order valence-electron chi connectivity index (χ3n) is 3.13. The van der Waals surface area contributed by atoms with Gasteiger partial charge < -0.3 is 4.90 Å². The number of carbonyl (C=O) groups excluding carboxylic acids is 1. The number of nitrogens with one attached hydrogen (secondary N) is 1. The first kappa shape index (κ1) is 11.0. The second kappa shape index (κ2) is 4.55. The van der Waals surface area contributed by atoms with Crippen molar-refractivity contribution in [2.24, 2.45) is 13.0 Å².